The number of nitrogens with one attached hydrogen (secondary N) is 2. The number of carbonyl (C=O) groups excluding carboxylic acids is 2. The lowest BCUT2D eigenvalue weighted by atomic mass is 10.2. The average molecular weight is 284 g/mol. The number of nitrogen functional groups attached to an aromatic ring is 1. The van der Waals surface area contributed by atoms with Crippen LogP contribution < -0.4 is 16.6 Å². The van der Waals surface area contributed by atoms with Crippen molar-refractivity contribution in [3.63, 3.8) is 0 Å². The third kappa shape index (κ3) is 2.94. The van der Waals surface area contributed by atoms with Crippen molar-refractivity contribution >= 4 is 29.2 Å². The van der Waals surface area contributed by atoms with Gasteiger partial charge < -0.3 is 15.6 Å². The van der Waals surface area contributed by atoms with Gasteiger partial charge in [0, 0.05) is 26.2 Å². The third-order valence-corrected chi connectivity index (χ3v) is 3.20. The molecule has 1 aromatic rings. The van der Waals surface area contributed by atoms with Gasteiger partial charge in [0.2, 0.25) is 5.91 Å². The topological polar surface area (TPSA) is 100 Å². The summed E-state index contributed by atoms with van der Waals surface area (Å²) in [6.07, 6.45) is 1.68. The van der Waals surface area contributed by atoms with Crippen molar-refractivity contribution in [1.82, 2.24) is 15.2 Å². The number of anilines is 1. The molecule has 1 atom stereocenters. The minimum atomic E-state index is -0.314. The quantitative estimate of drug-likeness (QED) is 0.535. The number of amides is 2. The van der Waals surface area contributed by atoms with Crippen molar-refractivity contribution in [2.45, 2.75) is 12.5 Å². The summed E-state index contributed by atoms with van der Waals surface area (Å²) in [6, 6.07) is 1.29. The van der Waals surface area contributed by atoms with Gasteiger partial charge in [-0.1, -0.05) is 11.6 Å². The van der Waals surface area contributed by atoms with Crippen LogP contribution >= 0.6 is 11.6 Å². The summed E-state index contributed by atoms with van der Waals surface area (Å²) >= 11 is 5.89. The predicted molar refractivity (Wildman–Crippen MR) is 70.6 cm³/mol. The highest BCUT2D eigenvalue weighted by atomic mass is 35.5. The Morgan fingerprint density at radius 2 is 2.37 bits per heavy atom. The number of pyridine rings is 1. The van der Waals surface area contributed by atoms with Crippen LogP contribution in [0.25, 0.3) is 0 Å². The summed E-state index contributed by atoms with van der Waals surface area (Å²) < 4.78 is 0. The summed E-state index contributed by atoms with van der Waals surface area (Å²) in [5.74, 6) is 5.20. The summed E-state index contributed by atoms with van der Waals surface area (Å²) in [5.41, 5.74) is 2.65. The molecule has 2 amide bonds. The van der Waals surface area contributed by atoms with Gasteiger partial charge in [0.15, 0.2) is 5.82 Å². The first kappa shape index (κ1) is 13.6. The van der Waals surface area contributed by atoms with Crippen LogP contribution in [0.2, 0.25) is 5.02 Å². The lowest BCUT2D eigenvalue weighted by molar-refractivity contribution is -0.126. The second kappa shape index (κ2) is 5.41. The maximum atomic E-state index is 12.0. The van der Waals surface area contributed by atoms with Gasteiger partial charge in [0.05, 0.1) is 16.6 Å². The molecule has 1 aromatic heterocycles. The molecule has 0 aromatic carbocycles. The van der Waals surface area contributed by atoms with Gasteiger partial charge >= 0.3 is 0 Å². The van der Waals surface area contributed by atoms with Crippen LogP contribution in [0.1, 0.15) is 16.8 Å². The highest BCUT2D eigenvalue weighted by Gasteiger charge is 2.28. The lowest BCUT2D eigenvalue weighted by Crippen LogP contribution is -2.36. The zero-order valence-electron chi connectivity index (χ0n) is 10.3. The van der Waals surface area contributed by atoms with Crippen LogP contribution in [0.5, 0.6) is 0 Å². The Hall–Kier alpha value is -1.86. The Labute approximate surface area is 115 Å². The number of aromatic nitrogens is 1. The number of hydrogen-bond acceptors (Lipinski definition) is 5. The Kier molecular flexibility index (Phi) is 3.87. The number of hydrogen-bond donors (Lipinski definition) is 3. The normalized spacial score (nSPS) is 18.6. The number of nitrogens with zero attached hydrogens (tertiary/aromatic N) is 2. The average Bonchev–Trinajstić information content (AvgIpc) is 2.68. The van der Waals surface area contributed by atoms with Crippen LogP contribution in [-0.4, -0.2) is 41.3 Å². The molecule has 1 saturated heterocycles. The molecule has 102 valence electrons. The summed E-state index contributed by atoms with van der Waals surface area (Å²) in [5, 5.41) is 3.03. The maximum Gasteiger partial charge on any atom is 0.253 e. The first-order chi connectivity index (χ1) is 9.01. The first-order valence-corrected chi connectivity index (χ1v) is 6.06. The van der Waals surface area contributed by atoms with Gasteiger partial charge in [-0.25, -0.2) is 10.8 Å². The summed E-state index contributed by atoms with van der Waals surface area (Å²) in [4.78, 5) is 28.8. The Bertz CT molecular complexity index is 522. The fraction of sp³-hybridized carbons (Fsp3) is 0.364. The number of likely N-dealkylation sites (N-methyl/N-ethyl adjacent to an activating group) is 1. The van der Waals surface area contributed by atoms with E-state index in [0.717, 1.165) is 0 Å². The second-order valence-corrected chi connectivity index (χ2v) is 4.75. The van der Waals surface area contributed by atoms with E-state index in [-0.39, 0.29) is 22.9 Å². The minimum absolute atomic E-state index is 0.0177. The zero-order valence-corrected chi connectivity index (χ0v) is 11.1. The van der Waals surface area contributed by atoms with E-state index in [1.54, 1.807) is 11.9 Å². The molecule has 0 unspecified atom stereocenters. The first-order valence-electron chi connectivity index (χ1n) is 5.68. The predicted octanol–water partition coefficient (Wildman–Crippen LogP) is -0.0189. The molecule has 0 saturated carbocycles. The monoisotopic (exact) mass is 283 g/mol. The molecule has 19 heavy (non-hydrogen) atoms. The third-order valence-electron chi connectivity index (χ3n) is 2.92. The Balaban J connectivity index is 2.04. The molecule has 2 heterocycles. The molecular weight excluding hydrogens is 270 g/mol. The fourth-order valence-corrected chi connectivity index (χ4v) is 2.12. The summed E-state index contributed by atoms with van der Waals surface area (Å²) in [7, 11) is 1.70. The fourth-order valence-electron chi connectivity index (χ4n) is 1.90. The van der Waals surface area contributed by atoms with Crippen molar-refractivity contribution in [3.05, 3.63) is 22.8 Å². The standard InChI is InChI=1S/C11H14ClN5O2/c1-17-5-7(3-9(17)18)15-11(19)6-2-8(12)10(16-13)14-4-6/h2,4,7H,3,5,13H2,1H3,(H,14,16)(H,15,19)/t7-/m0/s1. The second-order valence-electron chi connectivity index (χ2n) is 4.35. The number of halogens is 1. The van der Waals surface area contributed by atoms with Crippen LogP contribution in [0.3, 0.4) is 0 Å². The maximum absolute atomic E-state index is 12.0. The van der Waals surface area contributed by atoms with E-state index in [0.29, 0.717) is 24.3 Å². The van der Waals surface area contributed by atoms with Gasteiger partial charge in [0.25, 0.3) is 5.91 Å². The molecular formula is C11H14ClN5O2. The van der Waals surface area contributed by atoms with Crippen LogP contribution in [0.4, 0.5) is 5.82 Å². The minimum Gasteiger partial charge on any atom is -0.347 e. The van der Waals surface area contributed by atoms with Crippen molar-refractivity contribution in [3.8, 4) is 0 Å². The van der Waals surface area contributed by atoms with Crippen molar-refractivity contribution in [1.29, 1.82) is 0 Å². The SMILES string of the molecule is CN1C[C@@H](NC(=O)c2cnc(NN)c(Cl)c2)CC1=O. The molecule has 8 heteroatoms. The van der Waals surface area contributed by atoms with Gasteiger partial charge in [0.1, 0.15) is 0 Å². The van der Waals surface area contributed by atoms with Crippen molar-refractivity contribution in [2.75, 3.05) is 19.0 Å². The molecule has 1 aliphatic rings. The van der Waals surface area contributed by atoms with Crippen LogP contribution in [-0.2, 0) is 4.79 Å². The molecule has 0 bridgehead atoms. The smallest absolute Gasteiger partial charge is 0.253 e. The molecule has 0 aliphatic carbocycles. The van der Waals surface area contributed by atoms with Gasteiger partial charge in [-0.05, 0) is 6.07 Å². The largest absolute Gasteiger partial charge is 0.347 e. The molecule has 0 spiro atoms. The Morgan fingerprint density at radius 1 is 1.63 bits per heavy atom. The number of carbonyl (C=O) groups is 2. The van der Waals surface area contributed by atoms with Gasteiger partial charge in [-0.3, -0.25) is 9.59 Å². The van der Waals surface area contributed by atoms with E-state index in [4.69, 9.17) is 17.4 Å². The molecule has 2 rings (SSSR count). The van der Waals surface area contributed by atoms with E-state index < -0.39 is 0 Å². The number of likely N-dealkylation sites (tertiary alicyclic amines) is 1. The van der Waals surface area contributed by atoms with E-state index in [1.165, 1.54) is 12.3 Å². The molecule has 1 fully saturated rings. The number of rotatable bonds is 3. The summed E-state index contributed by atoms with van der Waals surface area (Å²) in [6.45, 7) is 0.508. The van der Waals surface area contributed by atoms with E-state index in [1.807, 2.05) is 0 Å². The molecule has 0 radical (unpaired) electrons. The van der Waals surface area contributed by atoms with Gasteiger partial charge in [-0.15, -0.1) is 0 Å². The number of hydrazine groups is 1. The van der Waals surface area contributed by atoms with E-state index in [2.05, 4.69) is 15.7 Å². The van der Waals surface area contributed by atoms with E-state index in [9.17, 15) is 9.59 Å². The number of nitrogens with two attached hydrogens (primary N) is 1. The van der Waals surface area contributed by atoms with Crippen LogP contribution in [0, 0.1) is 0 Å². The lowest BCUT2D eigenvalue weighted by Gasteiger charge is -2.12. The molecule has 4 N–H and O–H groups in total. The highest BCUT2D eigenvalue weighted by molar-refractivity contribution is 6.33. The van der Waals surface area contributed by atoms with Crippen LogP contribution in [0.15, 0.2) is 12.3 Å². The molecule has 1 aliphatic heterocycles. The zero-order chi connectivity index (χ0) is 14.0. The molecule has 7 nitrogen and oxygen atoms in total. The van der Waals surface area contributed by atoms with E-state index >= 15 is 0 Å². The van der Waals surface area contributed by atoms with Gasteiger partial charge in [-0.2, -0.15) is 0 Å². The Morgan fingerprint density at radius 3 is 2.89 bits per heavy atom. The van der Waals surface area contributed by atoms with Crippen molar-refractivity contribution in [2.24, 2.45) is 5.84 Å². The highest BCUT2D eigenvalue weighted by Crippen LogP contribution is 2.19. The van der Waals surface area contributed by atoms with Crippen molar-refractivity contribution < 1.29 is 9.59 Å².